The first kappa shape index (κ1) is 22.1. The maximum atomic E-state index is 12.8. The summed E-state index contributed by atoms with van der Waals surface area (Å²) in [7, 11) is 0. The average Bonchev–Trinajstić information content (AvgIpc) is 3.28. The first-order chi connectivity index (χ1) is 15.1. The SMILES string of the molecule is CCOc1ccc2[nH]c(=O)c(CN(CC3CCCO3)C(=S)NC3CCCCC3)cc2c1. The lowest BCUT2D eigenvalue weighted by Gasteiger charge is -2.32. The third-order valence-electron chi connectivity index (χ3n) is 6.23. The number of benzene rings is 1. The Labute approximate surface area is 189 Å². The molecule has 168 valence electrons. The molecule has 0 bridgehead atoms. The van der Waals surface area contributed by atoms with Crippen LogP contribution in [0, 0.1) is 0 Å². The number of hydrogen-bond donors (Lipinski definition) is 2. The smallest absolute Gasteiger partial charge is 0.253 e. The summed E-state index contributed by atoms with van der Waals surface area (Å²) in [5, 5.41) is 5.25. The number of pyridine rings is 1. The van der Waals surface area contributed by atoms with E-state index in [2.05, 4.69) is 15.2 Å². The molecule has 1 atom stereocenters. The molecule has 1 aliphatic heterocycles. The van der Waals surface area contributed by atoms with Crippen LogP contribution in [-0.2, 0) is 11.3 Å². The van der Waals surface area contributed by atoms with Gasteiger partial charge in [0.25, 0.3) is 5.56 Å². The summed E-state index contributed by atoms with van der Waals surface area (Å²) in [6.07, 6.45) is 8.40. The summed E-state index contributed by atoms with van der Waals surface area (Å²) in [5.74, 6) is 0.804. The molecule has 7 heteroatoms. The van der Waals surface area contributed by atoms with E-state index in [1.165, 1.54) is 19.3 Å². The fraction of sp³-hybridized carbons (Fsp3) is 0.583. The fourth-order valence-electron chi connectivity index (χ4n) is 4.58. The molecule has 2 aliphatic rings. The van der Waals surface area contributed by atoms with Gasteiger partial charge < -0.3 is 24.7 Å². The molecule has 1 saturated heterocycles. The zero-order valence-electron chi connectivity index (χ0n) is 18.3. The number of thiocarbonyl (C=S) groups is 1. The highest BCUT2D eigenvalue weighted by atomic mass is 32.1. The van der Waals surface area contributed by atoms with Crippen molar-refractivity contribution in [2.75, 3.05) is 19.8 Å². The monoisotopic (exact) mass is 443 g/mol. The minimum Gasteiger partial charge on any atom is -0.494 e. The van der Waals surface area contributed by atoms with Gasteiger partial charge in [0.05, 0.1) is 19.3 Å². The topological polar surface area (TPSA) is 66.6 Å². The van der Waals surface area contributed by atoms with E-state index in [0.717, 1.165) is 54.1 Å². The molecular formula is C24H33N3O3S. The van der Waals surface area contributed by atoms with Crippen LogP contribution < -0.4 is 15.6 Å². The van der Waals surface area contributed by atoms with Gasteiger partial charge in [-0.3, -0.25) is 4.79 Å². The molecule has 0 amide bonds. The lowest BCUT2D eigenvalue weighted by Crippen LogP contribution is -2.47. The highest BCUT2D eigenvalue weighted by Crippen LogP contribution is 2.21. The van der Waals surface area contributed by atoms with Gasteiger partial charge in [0.2, 0.25) is 0 Å². The molecule has 0 radical (unpaired) electrons. The number of nitrogens with one attached hydrogen (secondary N) is 2. The number of H-pyrrole nitrogens is 1. The molecule has 4 rings (SSSR count). The molecule has 2 N–H and O–H groups in total. The van der Waals surface area contributed by atoms with Crippen molar-refractivity contribution in [1.82, 2.24) is 15.2 Å². The second-order valence-corrected chi connectivity index (χ2v) is 8.99. The highest BCUT2D eigenvalue weighted by Gasteiger charge is 2.24. The molecule has 1 aliphatic carbocycles. The second-order valence-electron chi connectivity index (χ2n) is 8.61. The molecule has 2 aromatic rings. The van der Waals surface area contributed by atoms with E-state index in [9.17, 15) is 4.79 Å². The van der Waals surface area contributed by atoms with Crippen LogP contribution in [0.15, 0.2) is 29.1 Å². The quantitative estimate of drug-likeness (QED) is 0.628. The predicted molar refractivity (Wildman–Crippen MR) is 128 cm³/mol. The van der Waals surface area contributed by atoms with E-state index in [0.29, 0.717) is 31.3 Å². The Balaban J connectivity index is 1.55. The van der Waals surface area contributed by atoms with Crippen molar-refractivity contribution in [3.63, 3.8) is 0 Å². The third kappa shape index (κ3) is 5.77. The van der Waals surface area contributed by atoms with Gasteiger partial charge in [-0.2, -0.15) is 0 Å². The summed E-state index contributed by atoms with van der Waals surface area (Å²) < 4.78 is 11.5. The van der Waals surface area contributed by atoms with Gasteiger partial charge in [0, 0.05) is 35.7 Å². The summed E-state index contributed by atoms with van der Waals surface area (Å²) in [5.41, 5.74) is 1.44. The van der Waals surface area contributed by atoms with E-state index in [1.54, 1.807) is 0 Å². The van der Waals surface area contributed by atoms with Gasteiger partial charge in [-0.05, 0) is 69.1 Å². The van der Waals surface area contributed by atoms with Crippen LogP contribution in [-0.4, -0.2) is 46.9 Å². The van der Waals surface area contributed by atoms with Crippen molar-refractivity contribution in [3.05, 3.63) is 40.2 Å². The van der Waals surface area contributed by atoms with Crippen LogP contribution in [0.4, 0.5) is 0 Å². The number of hydrogen-bond acceptors (Lipinski definition) is 4. The van der Waals surface area contributed by atoms with Crippen molar-refractivity contribution >= 4 is 28.2 Å². The van der Waals surface area contributed by atoms with Crippen LogP contribution in [0.1, 0.15) is 57.4 Å². The van der Waals surface area contributed by atoms with Crippen LogP contribution in [0.25, 0.3) is 10.9 Å². The molecule has 2 heterocycles. The Kier molecular flexibility index (Phi) is 7.45. The molecule has 6 nitrogen and oxygen atoms in total. The molecule has 1 unspecified atom stereocenters. The van der Waals surface area contributed by atoms with E-state index in [-0.39, 0.29) is 11.7 Å². The first-order valence-electron chi connectivity index (χ1n) is 11.6. The Morgan fingerprint density at radius 3 is 2.81 bits per heavy atom. The maximum Gasteiger partial charge on any atom is 0.253 e. The van der Waals surface area contributed by atoms with E-state index >= 15 is 0 Å². The number of aromatic amines is 1. The number of aromatic nitrogens is 1. The maximum absolute atomic E-state index is 12.8. The van der Waals surface area contributed by atoms with Crippen LogP contribution in [0.5, 0.6) is 5.75 Å². The third-order valence-corrected chi connectivity index (χ3v) is 6.61. The summed E-state index contributed by atoms with van der Waals surface area (Å²) in [6, 6.07) is 8.14. The minimum absolute atomic E-state index is 0.0746. The molecule has 1 aromatic heterocycles. The van der Waals surface area contributed by atoms with Gasteiger partial charge in [-0.25, -0.2) is 0 Å². The standard InChI is InChI=1S/C24H33N3O3S/c1-2-29-20-10-11-22-17(14-20)13-18(23(28)26-22)15-27(16-21-9-6-12-30-21)24(31)25-19-7-4-3-5-8-19/h10-11,13-14,19,21H,2-9,12,15-16H2,1H3,(H,25,31)(H,26,28). The predicted octanol–water partition coefficient (Wildman–Crippen LogP) is 4.12. The Morgan fingerprint density at radius 2 is 2.06 bits per heavy atom. The summed E-state index contributed by atoms with van der Waals surface area (Å²) in [4.78, 5) is 17.9. The van der Waals surface area contributed by atoms with Crippen molar-refractivity contribution in [1.29, 1.82) is 0 Å². The fourth-order valence-corrected chi connectivity index (χ4v) is 4.88. The lowest BCUT2D eigenvalue weighted by atomic mass is 9.96. The number of nitrogens with zero attached hydrogens (tertiary/aromatic N) is 1. The van der Waals surface area contributed by atoms with Gasteiger partial charge in [-0.15, -0.1) is 0 Å². The zero-order chi connectivity index (χ0) is 21.6. The van der Waals surface area contributed by atoms with E-state index in [1.807, 2.05) is 31.2 Å². The largest absolute Gasteiger partial charge is 0.494 e. The minimum atomic E-state index is -0.0746. The highest BCUT2D eigenvalue weighted by molar-refractivity contribution is 7.80. The van der Waals surface area contributed by atoms with Gasteiger partial charge in [0.1, 0.15) is 5.75 Å². The van der Waals surface area contributed by atoms with Crippen LogP contribution >= 0.6 is 12.2 Å². The van der Waals surface area contributed by atoms with Crippen LogP contribution in [0.3, 0.4) is 0 Å². The zero-order valence-corrected chi connectivity index (χ0v) is 19.1. The lowest BCUT2D eigenvalue weighted by molar-refractivity contribution is 0.0894. The number of rotatable bonds is 7. The van der Waals surface area contributed by atoms with Gasteiger partial charge in [0.15, 0.2) is 5.11 Å². The van der Waals surface area contributed by atoms with Crippen molar-refractivity contribution in [3.8, 4) is 5.75 Å². The molecule has 1 saturated carbocycles. The summed E-state index contributed by atoms with van der Waals surface area (Å²) >= 11 is 5.81. The molecule has 2 fully saturated rings. The Hall–Kier alpha value is -2.12. The van der Waals surface area contributed by atoms with Crippen molar-refractivity contribution in [2.45, 2.75) is 70.6 Å². The van der Waals surface area contributed by atoms with Crippen molar-refractivity contribution in [2.24, 2.45) is 0 Å². The van der Waals surface area contributed by atoms with Crippen LogP contribution in [0.2, 0.25) is 0 Å². The molecule has 1 aromatic carbocycles. The Bertz CT molecular complexity index is 949. The summed E-state index contributed by atoms with van der Waals surface area (Å²) in [6.45, 7) is 4.54. The van der Waals surface area contributed by atoms with E-state index in [4.69, 9.17) is 21.7 Å². The number of ether oxygens (including phenoxy) is 2. The Morgan fingerprint density at radius 1 is 1.23 bits per heavy atom. The van der Waals surface area contributed by atoms with Gasteiger partial charge >= 0.3 is 0 Å². The average molecular weight is 444 g/mol. The number of fused-ring (bicyclic) bond motifs is 1. The molecule has 0 spiro atoms. The van der Waals surface area contributed by atoms with Crippen molar-refractivity contribution < 1.29 is 9.47 Å². The normalized spacial score (nSPS) is 19.5. The van der Waals surface area contributed by atoms with Gasteiger partial charge in [-0.1, -0.05) is 19.3 Å². The first-order valence-corrected chi connectivity index (χ1v) is 12.0. The molecule has 31 heavy (non-hydrogen) atoms. The molecular weight excluding hydrogens is 410 g/mol. The van der Waals surface area contributed by atoms with E-state index < -0.39 is 0 Å². The second kappa shape index (κ2) is 10.5.